The van der Waals surface area contributed by atoms with Crippen LogP contribution in [0.25, 0.3) is 0 Å². The van der Waals surface area contributed by atoms with E-state index in [1.807, 2.05) is 25.1 Å². The SMILES string of the molecule is COc1cc(C)ccc1OCCC1(N)CCCCC1. The van der Waals surface area contributed by atoms with Crippen LogP contribution >= 0.6 is 0 Å². The molecule has 0 saturated heterocycles. The largest absolute Gasteiger partial charge is 0.493 e. The average molecular weight is 263 g/mol. The summed E-state index contributed by atoms with van der Waals surface area (Å²) in [5.74, 6) is 1.61. The van der Waals surface area contributed by atoms with Crippen LogP contribution in [0, 0.1) is 6.92 Å². The number of rotatable bonds is 5. The first-order valence-electron chi connectivity index (χ1n) is 7.19. The molecule has 0 heterocycles. The Hall–Kier alpha value is -1.22. The molecule has 1 aliphatic rings. The van der Waals surface area contributed by atoms with Crippen molar-refractivity contribution in [3.8, 4) is 11.5 Å². The van der Waals surface area contributed by atoms with E-state index < -0.39 is 0 Å². The second-order valence-corrected chi connectivity index (χ2v) is 5.68. The minimum atomic E-state index is -0.0177. The van der Waals surface area contributed by atoms with Crippen LogP contribution in [-0.2, 0) is 0 Å². The van der Waals surface area contributed by atoms with E-state index in [2.05, 4.69) is 0 Å². The third-order valence-electron chi connectivity index (χ3n) is 4.03. The van der Waals surface area contributed by atoms with E-state index in [4.69, 9.17) is 15.2 Å². The summed E-state index contributed by atoms with van der Waals surface area (Å²) in [6.45, 7) is 2.71. The van der Waals surface area contributed by atoms with Crippen molar-refractivity contribution in [1.29, 1.82) is 0 Å². The maximum absolute atomic E-state index is 6.41. The van der Waals surface area contributed by atoms with Crippen LogP contribution in [0.2, 0.25) is 0 Å². The number of methoxy groups -OCH3 is 1. The zero-order chi connectivity index (χ0) is 13.7. The molecule has 1 aliphatic carbocycles. The highest BCUT2D eigenvalue weighted by molar-refractivity contribution is 5.42. The summed E-state index contributed by atoms with van der Waals surface area (Å²) in [5, 5.41) is 0. The van der Waals surface area contributed by atoms with Crippen molar-refractivity contribution in [3.05, 3.63) is 23.8 Å². The number of nitrogens with two attached hydrogens (primary N) is 1. The van der Waals surface area contributed by atoms with Crippen LogP contribution in [0.15, 0.2) is 18.2 Å². The van der Waals surface area contributed by atoms with Crippen molar-refractivity contribution >= 4 is 0 Å². The lowest BCUT2D eigenvalue weighted by Crippen LogP contribution is -2.42. The highest BCUT2D eigenvalue weighted by Crippen LogP contribution is 2.31. The van der Waals surface area contributed by atoms with Gasteiger partial charge in [0.05, 0.1) is 13.7 Å². The Labute approximate surface area is 116 Å². The molecule has 0 atom stereocenters. The van der Waals surface area contributed by atoms with Crippen LogP contribution in [0.4, 0.5) is 0 Å². The Kier molecular flexibility index (Phi) is 4.70. The van der Waals surface area contributed by atoms with Gasteiger partial charge in [0.1, 0.15) is 0 Å². The number of aryl methyl sites for hydroxylation is 1. The Morgan fingerprint density at radius 3 is 2.58 bits per heavy atom. The van der Waals surface area contributed by atoms with Gasteiger partial charge in [-0.25, -0.2) is 0 Å². The zero-order valence-corrected chi connectivity index (χ0v) is 12.1. The molecule has 0 spiro atoms. The Morgan fingerprint density at radius 1 is 1.16 bits per heavy atom. The number of ether oxygens (including phenoxy) is 2. The molecule has 0 bridgehead atoms. The van der Waals surface area contributed by atoms with Crippen LogP contribution in [0.3, 0.4) is 0 Å². The fourth-order valence-corrected chi connectivity index (χ4v) is 2.76. The van der Waals surface area contributed by atoms with Crippen molar-refractivity contribution in [2.45, 2.75) is 51.0 Å². The molecule has 0 aromatic heterocycles. The fraction of sp³-hybridized carbons (Fsp3) is 0.625. The second kappa shape index (κ2) is 6.29. The minimum Gasteiger partial charge on any atom is -0.493 e. The number of hydrogen-bond acceptors (Lipinski definition) is 3. The van der Waals surface area contributed by atoms with E-state index in [9.17, 15) is 0 Å². The number of hydrogen-bond donors (Lipinski definition) is 1. The third kappa shape index (κ3) is 3.87. The van der Waals surface area contributed by atoms with Gasteiger partial charge in [0.25, 0.3) is 0 Å². The first-order valence-corrected chi connectivity index (χ1v) is 7.19. The smallest absolute Gasteiger partial charge is 0.161 e. The number of benzene rings is 1. The Balaban J connectivity index is 1.88. The summed E-state index contributed by atoms with van der Waals surface area (Å²) >= 11 is 0. The molecule has 2 N–H and O–H groups in total. The second-order valence-electron chi connectivity index (χ2n) is 5.68. The highest BCUT2D eigenvalue weighted by Gasteiger charge is 2.27. The van der Waals surface area contributed by atoms with Gasteiger partial charge in [0, 0.05) is 5.54 Å². The standard InChI is InChI=1S/C16H25NO2/c1-13-6-7-14(15(12-13)18-2)19-11-10-16(17)8-4-3-5-9-16/h6-7,12H,3-5,8-11,17H2,1-2H3. The predicted octanol–water partition coefficient (Wildman–Crippen LogP) is 3.43. The average Bonchev–Trinajstić information content (AvgIpc) is 2.41. The maximum atomic E-state index is 6.41. The van der Waals surface area contributed by atoms with Gasteiger partial charge < -0.3 is 15.2 Å². The lowest BCUT2D eigenvalue weighted by molar-refractivity contribution is 0.209. The van der Waals surface area contributed by atoms with Gasteiger partial charge >= 0.3 is 0 Å². The highest BCUT2D eigenvalue weighted by atomic mass is 16.5. The van der Waals surface area contributed by atoms with Crippen molar-refractivity contribution in [3.63, 3.8) is 0 Å². The molecule has 2 rings (SSSR count). The van der Waals surface area contributed by atoms with Crippen LogP contribution in [-0.4, -0.2) is 19.3 Å². The van der Waals surface area contributed by atoms with E-state index >= 15 is 0 Å². The van der Waals surface area contributed by atoms with Crippen LogP contribution < -0.4 is 15.2 Å². The molecule has 1 aromatic rings. The molecule has 1 fully saturated rings. The molecule has 1 aromatic carbocycles. The van der Waals surface area contributed by atoms with Crippen LogP contribution in [0.5, 0.6) is 11.5 Å². The molecule has 19 heavy (non-hydrogen) atoms. The molecule has 0 aliphatic heterocycles. The quantitative estimate of drug-likeness (QED) is 0.885. The van der Waals surface area contributed by atoms with E-state index in [0.29, 0.717) is 6.61 Å². The van der Waals surface area contributed by atoms with Gasteiger partial charge in [-0.15, -0.1) is 0 Å². The summed E-state index contributed by atoms with van der Waals surface area (Å²) in [7, 11) is 1.67. The summed E-state index contributed by atoms with van der Waals surface area (Å²) < 4.78 is 11.2. The molecule has 3 nitrogen and oxygen atoms in total. The lowest BCUT2D eigenvalue weighted by atomic mass is 9.80. The van der Waals surface area contributed by atoms with E-state index in [1.165, 1.54) is 24.8 Å². The lowest BCUT2D eigenvalue weighted by Gasteiger charge is -2.33. The van der Waals surface area contributed by atoms with Gasteiger partial charge in [0.2, 0.25) is 0 Å². The van der Waals surface area contributed by atoms with Gasteiger partial charge in [-0.2, -0.15) is 0 Å². The molecule has 3 heteroatoms. The predicted molar refractivity (Wildman–Crippen MR) is 77.8 cm³/mol. The monoisotopic (exact) mass is 263 g/mol. The maximum Gasteiger partial charge on any atom is 0.161 e. The summed E-state index contributed by atoms with van der Waals surface area (Å²) in [5.41, 5.74) is 7.56. The molecule has 0 radical (unpaired) electrons. The minimum absolute atomic E-state index is 0.0177. The third-order valence-corrected chi connectivity index (χ3v) is 4.03. The van der Waals surface area contributed by atoms with Gasteiger partial charge in [0.15, 0.2) is 11.5 Å². The van der Waals surface area contributed by atoms with Gasteiger partial charge in [-0.1, -0.05) is 25.3 Å². The fourth-order valence-electron chi connectivity index (χ4n) is 2.76. The van der Waals surface area contributed by atoms with Crippen molar-refractivity contribution in [1.82, 2.24) is 0 Å². The first-order chi connectivity index (χ1) is 9.13. The molecule has 106 valence electrons. The van der Waals surface area contributed by atoms with Gasteiger partial charge in [-0.3, -0.25) is 0 Å². The molecule has 0 amide bonds. The summed E-state index contributed by atoms with van der Waals surface area (Å²) in [6.07, 6.45) is 7.01. The summed E-state index contributed by atoms with van der Waals surface area (Å²) in [4.78, 5) is 0. The summed E-state index contributed by atoms with van der Waals surface area (Å²) in [6, 6.07) is 6.00. The molecular weight excluding hydrogens is 238 g/mol. The zero-order valence-electron chi connectivity index (χ0n) is 12.1. The van der Waals surface area contributed by atoms with Crippen molar-refractivity contribution in [2.24, 2.45) is 5.73 Å². The van der Waals surface area contributed by atoms with E-state index in [0.717, 1.165) is 30.8 Å². The van der Waals surface area contributed by atoms with Crippen molar-refractivity contribution in [2.75, 3.05) is 13.7 Å². The van der Waals surface area contributed by atoms with Crippen LogP contribution in [0.1, 0.15) is 44.1 Å². The van der Waals surface area contributed by atoms with E-state index in [1.54, 1.807) is 7.11 Å². The molecular formula is C16H25NO2. The molecule has 1 saturated carbocycles. The topological polar surface area (TPSA) is 44.5 Å². The Morgan fingerprint density at radius 2 is 1.89 bits per heavy atom. The molecule has 0 unspecified atom stereocenters. The normalized spacial score (nSPS) is 18.1. The first kappa shape index (κ1) is 14.2. The van der Waals surface area contributed by atoms with Gasteiger partial charge in [-0.05, 0) is 43.9 Å². The van der Waals surface area contributed by atoms with Crippen molar-refractivity contribution < 1.29 is 9.47 Å². The van der Waals surface area contributed by atoms with E-state index in [-0.39, 0.29) is 5.54 Å². The Bertz CT molecular complexity index is 411.